The first-order chi connectivity index (χ1) is 6.24. The van der Waals surface area contributed by atoms with E-state index in [9.17, 15) is 0 Å². The zero-order valence-electron chi connectivity index (χ0n) is 7.39. The molecule has 0 unspecified atom stereocenters. The van der Waals surface area contributed by atoms with E-state index in [0.29, 0.717) is 11.1 Å². The predicted molar refractivity (Wildman–Crippen MR) is 55.0 cm³/mol. The molecule has 0 fully saturated rings. The van der Waals surface area contributed by atoms with Gasteiger partial charge in [-0.25, -0.2) is 0 Å². The zero-order chi connectivity index (χ0) is 9.84. The molecule has 0 atom stereocenters. The lowest BCUT2D eigenvalue weighted by Crippen LogP contribution is -1.92. The van der Waals surface area contributed by atoms with Crippen molar-refractivity contribution in [1.82, 2.24) is 0 Å². The summed E-state index contributed by atoms with van der Waals surface area (Å²) in [6.07, 6.45) is 16.0. The largest absolute Gasteiger partial charge is 0.115 e. The standard InChI is InChI=1S/C13H8/c1-5-11-9-8-10(4)12(6-2)13(11)7-3/h1-3,8-9H,4H3. The van der Waals surface area contributed by atoms with Crippen molar-refractivity contribution in [3.8, 4) is 37.0 Å². The van der Waals surface area contributed by atoms with Gasteiger partial charge in [0, 0.05) is 11.1 Å². The molecule has 1 aromatic rings. The fourth-order valence-electron chi connectivity index (χ4n) is 1.16. The molecule has 0 heterocycles. The maximum Gasteiger partial charge on any atom is 0.0558 e. The number of aryl methyl sites for hydroxylation is 1. The van der Waals surface area contributed by atoms with E-state index in [1.54, 1.807) is 0 Å². The molecule has 0 saturated carbocycles. The van der Waals surface area contributed by atoms with Crippen LogP contribution in [0.25, 0.3) is 0 Å². The fourth-order valence-corrected chi connectivity index (χ4v) is 1.16. The lowest BCUT2D eigenvalue weighted by molar-refractivity contribution is 1.40. The Balaban J connectivity index is 3.63. The minimum absolute atomic E-state index is 0.644. The van der Waals surface area contributed by atoms with Crippen molar-refractivity contribution in [1.29, 1.82) is 0 Å². The van der Waals surface area contributed by atoms with E-state index in [1.165, 1.54) is 0 Å². The van der Waals surface area contributed by atoms with Gasteiger partial charge in [0.15, 0.2) is 0 Å². The highest BCUT2D eigenvalue weighted by Gasteiger charge is 2.04. The molecular weight excluding hydrogens is 156 g/mol. The second-order valence-corrected chi connectivity index (χ2v) is 2.61. The Kier molecular flexibility index (Phi) is 2.44. The highest BCUT2D eigenvalue weighted by atomic mass is 14.1. The van der Waals surface area contributed by atoms with E-state index in [-0.39, 0.29) is 0 Å². The third-order valence-electron chi connectivity index (χ3n) is 1.86. The molecule has 0 bridgehead atoms. The van der Waals surface area contributed by atoms with E-state index in [4.69, 9.17) is 19.3 Å². The van der Waals surface area contributed by atoms with Crippen LogP contribution in [0.3, 0.4) is 0 Å². The van der Waals surface area contributed by atoms with Crippen LogP contribution in [0.1, 0.15) is 22.3 Å². The van der Waals surface area contributed by atoms with E-state index in [2.05, 4.69) is 17.8 Å². The normalized spacial score (nSPS) is 8.15. The molecule has 0 spiro atoms. The molecule has 60 valence electrons. The van der Waals surface area contributed by atoms with Crippen LogP contribution in [0.15, 0.2) is 12.1 Å². The third-order valence-corrected chi connectivity index (χ3v) is 1.86. The van der Waals surface area contributed by atoms with Crippen molar-refractivity contribution in [2.24, 2.45) is 0 Å². The first-order valence-corrected chi connectivity index (χ1v) is 3.78. The Labute approximate surface area is 79.0 Å². The Morgan fingerprint density at radius 3 is 2.00 bits per heavy atom. The summed E-state index contributed by atoms with van der Waals surface area (Å²) in [7, 11) is 0. The lowest BCUT2D eigenvalue weighted by Gasteiger charge is -2.03. The van der Waals surface area contributed by atoms with Crippen LogP contribution in [-0.2, 0) is 0 Å². The molecule has 0 amide bonds. The van der Waals surface area contributed by atoms with Crippen molar-refractivity contribution in [2.75, 3.05) is 0 Å². The molecule has 0 nitrogen and oxygen atoms in total. The van der Waals surface area contributed by atoms with Gasteiger partial charge in [-0.05, 0) is 18.6 Å². The molecular formula is C13H8. The molecule has 0 aliphatic rings. The van der Waals surface area contributed by atoms with E-state index < -0.39 is 0 Å². The van der Waals surface area contributed by atoms with Gasteiger partial charge in [0.2, 0.25) is 0 Å². The van der Waals surface area contributed by atoms with E-state index in [1.807, 2.05) is 19.1 Å². The lowest BCUT2D eigenvalue weighted by atomic mass is 9.98. The maximum absolute atomic E-state index is 5.34. The molecule has 1 aromatic carbocycles. The minimum Gasteiger partial charge on any atom is -0.115 e. The molecule has 0 saturated heterocycles. The van der Waals surface area contributed by atoms with Gasteiger partial charge in [-0.2, -0.15) is 0 Å². The molecule has 0 N–H and O–H groups in total. The van der Waals surface area contributed by atoms with Crippen LogP contribution in [0.4, 0.5) is 0 Å². The third kappa shape index (κ3) is 1.41. The summed E-state index contributed by atoms with van der Waals surface area (Å²) in [4.78, 5) is 0. The number of benzene rings is 1. The van der Waals surface area contributed by atoms with Gasteiger partial charge in [-0.1, -0.05) is 23.8 Å². The van der Waals surface area contributed by atoms with Crippen molar-refractivity contribution in [3.05, 3.63) is 34.4 Å². The number of rotatable bonds is 0. The summed E-state index contributed by atoms with van der Waals surface area (Å²) in [6, 6.07) is 3.69. The van der Waals surface area contributed by atoms with Crippen molar-refractivity contribution < 1.29 is 0 Å². The molecule has 13 heavy (non-hydrogen) atoms. The SMILES string of the molecule is C#Cc1ccc(C)c(C#C)c1C#C. The van der Waals surface area contributed by atoms with Crippen molar-refractivity contribution in [2.45, 2.75) is 6.92 Å². The van der Waals surface area contributed by atoms with Gasteiger partial charge in [0.1, 0.15) is 0 Å². The molecule has 0 aromatic heterocycles. The average molecular weight is 164 g/mol. The second kappa shape index (κ2) is 3.53. The molecule has 1 rings (SSSR count). The van der Waals surface area contributed by atoms with Gasteiger partial charge >= 0.3 is 0 Å². The van der Waals surface area contributed by atoms with E-state index in [0.717, 1.165) is 11.1 Å². The summed E-state index contributed by atoms with van der Waals surface area (Å²) >= 11 is 0. The highest BCUT2D eigenvalue weighted by Crippen LogP contribution is 2.16. The predicted octanol–water partition coefficient (Wildman–Crippen LogP) is 1.94. The van der Waals surface area contributed by atoms with Gasteiger partial charge in [-0.15, -0.1) is 19.3 Å². The number of terminal acetylenes is 3. The van der Waals surface area contributed by atoms with Crippen LogP contribution in [0.5, 0.6) is 0 Å². The number of hydrogen-bond donors (Lipinski definition) is 0. The summed E-state index contributed by atoms with van der Waals surface area (Å²) < 4.78 is 0. The van der Waals surface area contributed by atoms with Gasteiger partial charge in [0.05, 0.1) is 5.56 Å². The Morgan fingerprint density at radius 1 is 0.923 bits per heavy atom. The smallest absolute Gasteiger partial charge is 0.0558 e. The Bertz CT molecular complexity index is 457. The van der Waals surface area contributed by atoms with E-state index >= 15 is 0 Å². The van der Waals surface area contributed by atoms with Gasteiger partial charge < -0.3 is 0 Å². The van der Waals surface area contributed by atoms with Crippen LogP contribution in [0, 0.1) is 44.0 Å². The molecule has 0 radical (unpaired) electrons. The Morgan fingerprint density at radius 2 is 1.54 bits per heavy atom. The summed E-state index contributed by atoms with van der Waals surface area (Å²) in [6.45, 7) is 1.91. The van der Waals surface area contributed by atoms with Gasteiger partial charge in [-0.3, -0.25) is 0 Å². The van der Waals surface area contributed by atoms with Crippen LogP contribution in [0.2, 0.25) is 0 Å². The number of hydrogen-bond acceptors (Lipinski definition) is 0. The van der Waals surface area contributed by atoms with Crippen molar-refractivity contribution >= 4 is 0 Å². The molecule has 0 heteroatoms. The first-order valence-electron chi connectivity index (χ1n) is 3.78. The maximum atomic E-state index is 5.34. The zero-order valence-corrected chi connectivity index (χ0v) is 7.39. The summed E-state index contributed by atoms with van der Waals surface area (Å²) in [5.74, 6) is 7.58. The quantitative estimate of drug-likeness (QED) is 0.514. The monoisotopic (exact) mass is 164 g/mol. The Hall–Kier alpha value is -2.10. The van der Waals surface area contributed by atoms with Crippen LogP contribution in [-0.4, -0.2) is 0 Å². The summed E-state index contributed by atoms with van der Waals surface area (Å²) in [5.41, 5.74) is 3.03. The van der Waals surface area contributed by atoms with Crippen LogP contribution < -0.4 is 0 Å². The van der Waals surface area contributed by atoms with Crippen LogP contribution >= 0.6 is 0 Å². The second-order valence-electron chi connectivity index (χ2n) is 2.61. The first kappa shape index (κ1) is 8.99. The van der Waals surface area contributed by atoms with Gasteiger partial charge in [0.25, 0.3) is 0 Å². The fraction of sp³-hybridized carbons (Fsp3) is 0.0769. The topological polar surface area (TPSA) is 0 Å². The highest BCUT2D eigenvalue weighted by molar-refractivity contribution is 5.60. The molecule has 0 aliphatic heterocycles. The minimum atomic E-state index is 0.644. The van der Waals surface area contributed by atoms with Crippen molar-refractivity contribution in [3.63, 3.8) is 0 Å². The average Bonchev–Trinajstić information content (AvgIpc) is 2.17. The summed E-state index contributed by atoms with van der Waals surface area (Å²) in [5, 5.41) is 0. The molecule has 0 aliphatic carbocycles.